The van der Waals surface area contributed by atoms with Gasteiger partial charge in [-0.1, -0.05) is 48.2 Å². The topological polar surface area (TPSA) is 72.0 Å². The molecule has 1 N–H and O–H groups in total. The van der Waals surface area contributed by atoms with Gasteiger partial charge in [0.2, 0.25) is 0 Å². The second kappa shape index (κ2) is 7.17. The largest absolute Gasteiger partial charge is 0.506 e. The molecule has 0 atom stereocenters. The summed E-state index contributed by atoms with van der Waals surface area (Å²) in [7, 11) is 1.27. The maximum Gasteiger partial charge on any atom is 0.344 e. The highest BCUT2D eigenvalue weighted by Gasteiger charge is 2.33. The van der Waals surface area contributed by atoms with Crippen LogP contribution in [-0.4, -0.2) is 23.2 Å². The van der Waals surface area contributed by atoms with Crippen LogP contribution in [-0.2, 0) is 9.53 Å². The van der Waals surface area contributed by atoms with Crippen molar-refractivity contribution in [3.05, 3.63) is 82.9 Å². The minimum Gasteiger partial charge on any atom is -0.506 e. The first kappa shape index (κ1) is 17.2. The van der Waals surface area contributed by atoms with Crippen LogP contribution in [0.15, 0.2) is 86.5 Å². The van der Waals surface area contributed by atoms with E-state index in [1.807, 2.05) is 42.5 Å². The number of benzene rings is 2. The Bertz CT molecular complexity index is 1100. The van der Waals surface area contributed by atoms with Crippen molar-refractivity contribution in [1.29, 1.82) is 0 Å². The lowest BCUT2D eigenvalue weighted by atomic mass is 10.1. The molecular formula is C21H15NO4S. The Morgan fingerprint density at radius 2 is 1.96 bits per heavy atom. The molecular weight excluding hydrogens is 362 g/mol. The number of methoxy groups -OCH3 is 1. The third kappa shape index (κ3) is 3.27. The first-order chi connectivity index (χ1) is 13.2. The molecule has 0 fully saturated rings. The van der Waals surface area contributed by atoms with Crippen molar-refractivity contribution in [2.45, 2.75) is 0 Å². The lowest BCUT2D eigenvalue weighted by Gasteiger charge is -2.04. The van der Waals surface area contributed by atoms with Crippen LogP contribution in [0, 0.1) is 0 Å². The number of carbonyl (C=O) groups excluding carboxylic acids is 1. The number of aliphatic hydroxyl groups excluding tert-OH is 1. The molecule has 0 radical (unpaired) electrons. The number of aliphatic imine (C=N–C) groups is 1. The Kier molecular flexibility index (Phi) is 4.56. The van der Waals surface area contributed by atoms with Crippen molar-refractivity contribution in [3.8, 4) is 0 Å². The lowest BCUT2D eigenvalue weighted by Crippen LogP contribution is -2.10. The van der Waals surface area contributed by atoms with E-state index in [2.05, 4.69) is 4.99 Å². The number of furan rings is 1. The highest BCUT2D eigenvalue weighted by atomic mass is 32.2. The molecule has 1 aliphatic heterocycles. The molecule has 4 rings (SSSR count). The molecule has 134 valence electrons. The number of fused-ring (bicyclic) bond motifs is 1. The fraction of sp³-hybridized carbons (Fsp3) is 0.0476. The van der Waals surface area contributed by atoms with Gasteiger partial charge in [-0.15, -0.1) is 0 Å². The summed E-state index contributed by atoms with van der Waals surface area (Å²) in [5.74, 6) is -0.233. The van der Waals surface area contributed by atoms with Crippen LogP contribution in [0.25, 0.3) is 16.8 Å². The van der Waals surface area contributed by atoms with Gasteiger partial charge in [0, 0.05) is 5.39 Å². The van der Waals surface area contributed by atoms with Crippen LogP contribution in [0.2, 0.25) is 0 Å². The number of aliphatic hydroxyl groups is 1. The van der Waals surface area contributed by atoms with E-state index in [1.165, 1.54) is 18.9 Å². The van der Waals surface area contributed by atoms with Gasteiger partial charge in [0.05, 0.1) is 24.0 Å². The molecule has 0 amide bonds. The first-order valence-corrected chi connectivity index (χ1v) is 9.01. The fourth-order valence-corrected chi connectivity index (χ4v) is 3.82. The van der Waals surface area contributed by atoms with Gasteiger partial charge < -0.3 is 14.3 Å². The van der Waals surface area contributed by atoms with E-state index < -0.39 is 5.97 Å². The molecule has 0 aliphatic carbocycles. The predicted molar refractivity (Wildman–Crippen MR) is 107 cm³/mol. The van der Waals surface area contributed by atoms with Gasteiger partial charge in [0.15, 0.2) is 0 Å². The summed E-state index contributed by atoms with van der Waals surface area (Å²) in [6, 6.07) is 17.1. The van der Waals surface area contributed by atoms with E-state index in [0.29, 0.717) is 21.4 Å². The van der Waals surface area contributed by atoms with Crippen molar-refractivity contribution >= 4 is 45.3 Å². The van der Waals surface area contributed by atoms with Crippen LogP contribution in [0.4, 0.5) is 5.69 Å². The second-order valence-corrected chi connectivity index (χ2v) is 6.79. The third-order valence-corrected chi connectivity index (χ3v) is 5.11. The smallest absolute Gasteiger partial charge is 0.344 e. The van der Waals surface area contributed by atoms with Gasteiger partial charge in [0.1, 0.15) is 22.1 Å². The third-order valence-electron chi connectivity index (χ3n) is 4.09. The number of hydrogen-bond donors (Lipinski definition) is 1. The Labute approximate surface area is 159 Å². The predicted octanol–water partition coefficient (Wildman–Crippen LogP) is 5.24. The highest BCUT2D eigenvalue weighted by Crippen LogP contribution is 2.41. The van der Waals surface area contributed by atoms with Gasteiger partial charge in [-0.25, -0.2) is 9.79 Å². The van der Waals surface area contributed by atoms with Gasteiger partial charge in [-0.2, -0.15) is 0 Å². The Morgan fingerprint density at radius 3 is 2.74 bits per heavy atom. The standard InChI is InChI=1S/C21H15NO4S/c1-25-21(24)18-19(23)17(12-14-8-5-11-26-14)27-20(18)22-16-10-4-7-13-6-2-3-9-15(13)16/h2-12,23H,1H3/b17-12-,22-20?. The molecule has 6 heteroatoms. The van der Waals surface area contributed by atoms with Gasteiger partial charge in [0.25, 0.3) is 0 Å². The van der Waals surface area contributed by atoms with Gasteiger partial charge in [-0.3, -0.25) is 0 Å². The molecule has 2 aromatic carbocycles. The molecule has 1 aliphatic rings. The van der Waals surface area contributed by atoms with E-state index in [0.717, 1.165) is 10.8 Å². The molecule has 2 heterocycles. The molecule has 0 bridgehead atoms. The van der Waals surface area contributed by atoms with Crippen LogP contribution >= 0.6 is 11.8 Å². The molecule has 0 spiro atoms. The van der Waals surface area contributed by atoms with E-state index in [9.17, 15) is 9.90 Å². The van der Waals surface area contributed by atoms with Crippen LogP contribution in [0.5, 0.6) is 0 Å². The summed E-state index contributed by atoms with van der Waals surface area (Å²) >= 11 is 1.20. The zero-order valence-corrected chi connectivity index (χ0v) is 15.2. The first-order valence-electron chi connectivity index (χ1n) is 8.19. The Balaban J connectivity index is 1.84. The van der Waals surface area contributed by atoms with Crippen LogP contribution < -0.4 is 0 Å². The summed E-state index contributed by atoms with van der Waals surface area (Å²) < 4.78 is 10.1. The van der Waals surface area contributed by atoms with Crippen molar-refractivity contribution in [2.75, 3.05) is 7.11 Å². The molecule has 0 unspecified atom stereocenters. The van der Waals surface area contributed by atoms with E-state index in [1.54, 1.807) is 24.5 Å². The van der Waals surface area contributed by atoms with Crippen molar-refractivity contribution in [1.82, 2.24) is 0 Å². The Morgan fingerprint density at radius 1 is 1.15 bits per heavy atom. The second-order valence-electron chi connectivity index (χ2n) is 5.76. The zero-order valence-electron chi connectivity index (χ0n) is 14.4. The molecule has 3 aromatic rings. The summed E-state index contributed by atoms with van der Waals surface area (Å²) in [6.07, 6.45) is 3.20. The Hall–Kier alpha value is -3.25. The molecule has 1 aromatic heterocycles. The number of nitrogens with zero attached hydrogens (tertiary/aromatic N) is 1. The maximum absolute atomic E-state index is 12.3. The molecule has 5 nitrogen and oxygen atoms in total. The average molecular weight is 377 g/mol. The normalized spacial score (nSPS) is 17.2. The lowest BCUT2D eigenvalue weighted by molar-refractivity contribution is -0.135. The number of carbonyl (C=O) groups is 1. The fourth-order valence-electron chi connectivity index (χ4n) is 2.81. The van der Waals surface area contributed by atoms with Gasteiger partial charge in [-0.05, 0) is 29.7 Å². The summed E-state index contributed by atoms with van der Waals surface area (Å²) in [5.41, 5.74) is 0.761. The van der Waals surface area contributed by atoms with E-state index in [-0.39, 0.29) is 11.3 Å². The molecule has 0 saturated carbocycles. The van der Waals surface area contributed by atoms with Crippen LogP contribution in [0.3, 0.4) is 0 Å². The molecule has 27 heavy (non-hydrogen) atoms. The van der Waals surface area contributed by atoms with Crippen molar-refractivity contribution in [3.63, 3.8) is 0 Å². The van der Waals surface area contributed by atoms with E-state index in [4.69, 9.17) is 9.15 Å². The quantitative estimate of drug-likeness (QED) is 0.632. The zero-order chi connectivity index (χ0) is 18.8. The minimum absolute atomic E-state index is 0.0493. The van der Waals surface area contributed by atoms with Crippen LogP contribution in [0.1, 0.15) is 5.76 Å². The van der Waals surface area contributed by atoms with E-state index >= 15 is 0 Å². The minimum atomic E-state index is -0.637. The number of esters is 1. The highest BCUT2D eigenvalue weighted by molar-refractivity contribution is 8.18. The number of hydrogen-bond acceptors (Lipinski definition) is 6. The van der Waals surface area contributed by atoms with Crippen molar-refractivity contribution < 1.29 is 19.1 Å². The number of rotatable bonds is 3. The summed E-state index contributed by atoms with van der Waals surface area (Å²) in [6.45, 7) is 0. The number of thioether (sulfide) groups is 1. The van der Waals surface area contributed by atoms with Crippen molar-refractivity contribution in [2.24, 2.45) is 4.99 Å². The summed E-state index contributed by atoms with van der Waals surface area (Å²) in [4.78, 5) is 17.4. The summed E-state index contributed by atoms with van der Waals surface area (Å²) in [5, 5.41) is 13.0. The van der Waals surface area contributed by atoms with Gasteiger partial charge >= 0.3 is 5.97 Å². The average Bonchev–Trinajstić information content (AvgIpc) is 3.30. The monoisotopic (exact) mass is 377 g/mol. The maximum atomic E-state index is 12.3. The molecule has 0 saturated heterocycles. The SMILES string of the molecule is COC(=O)C1=C(O)/C(=C/c2ccco2)SC1=Nc1cccc2ccccc12. The number of ether oxygens (including phenoxy) is 1.